The summed E-state index contributed by atoms with van der Waals surface area (Å²) in [6, 6.07) is 4.46. The van der Waals surface area contributed by atoms with Crippen LogP contribution in [0.2, 0.25) is 0 Å². The van der Waals surface area contributed by atoms with Crippen LogP contribution >= 0.6 is 12.4 Å². The molecule has 0 atom stereocenters. The molecule has 1 aliphatic rings. The molecule has 1 amide bonds. The predicted molar refractivity (Wildman–Crippen MR) is 85.5 cm³/mol. The molecule has 1 N–H and O–H groups in total. The number of hydrogen-bond donors (Lipinski definition) is 1. The number of rotatable bonds is 4. The van der Waals surface area contributed by atoms with Crippen LogP contribution in [0.4, 0.5) is 10.1 Å². The predicted octanol–water partition coefficient (Wildman–Crippen LogP) is 1.99. The van der Waals surface area contributed by atoms with E-state index in [1.54, 1.807) is 20.2 Å². The van der Waals surface area contributed by atoms with E-state index in [9.17, 15) is 9.18 Å². The summed E-state index contributed by atoms with van der Waals surface area (Å²) in [5.74, 6) is -0.495. The van der Waals surface area contributed by atoms with E-state index in [0.717, 1.165) is 13.1 Å². The lowest BCUT2D eigenvalue weighted by molar-refractivity contribution is -0.143. The number of methoxy groups -OCH3 is 2. The lowest BCUT2D eigenvalue weighted by Gasteiger charge is -2.37. The van der Waals surface area contributed by atoms with Crippen molar-refractivity contribution in [3.05, 3.63) is 24.0 Å². The number of carbonyl (C=O) groups excluding carboxylic acids is 1. The number of anilines is 1. The van der Waals surface area contributed by atoms with Crippen LogP contribution in [0.1, 0.15) is 12.8 Å². The van der Waals surface area contributed by atoms with E-state index in [4.69, 9.17) is 9.47 Å². The van der Waals surface area contributed by atoms with Crippen molar-refractivity contribution in [3.8, 4) is 5.75 Å². The van der Waals surface area contributed by atoms with Gasteiger partial charge in [-0.2, -0.15) is 0 Å². The zero-order valence-corrected chi connectivity index (χ0v) is 13.8. The maximum absolute atomic E-state index is 13.8. The average molecular weight is 333 g/mol. The van der Waals surface area contributed by atoms with Crippen molar-refractivity contribution < 1.29 is 18.7 Å². The number of amides is 1. The Morgan fingerprint density at radius 2 is 1.95 bits per heavy atom. The molecule has 2 rings (SSSR count). The second kappa shape index (κ2) is 7.76. The smallest absolute Gasteiger partial charge is 0.259 e. The molecule has 5 nitrogen and oxygen atoms in total. The van der Waals surface area contributed by atoms with Crippen LogP contribution in [0.25, 0.3) is 0 Å². The number of ether oxygens (including phenoxy) is 2. The van der Waals surface area contributed by atoms with E-state index in [0.29, 0.717) is 18.5 Å². The molecule has 0 aliphatic carbocycles. The van der Waals surface area contributed by atoms with Gasteiger partial charge in [-0.05, 0) is 38.1 Å². The summed E-state index contributed by atoms with van der Waals surface area (Å²) in [4.78, 5) is 14.2. The fourth-order valence-corrected chi connectivity index (χ4v) is 2.62. The van der Waals surface area contributed by atoms with Gasteiger partial charge in [0, 0.05) is 25.9 Å². The number of piperidine rings is 1. The van der Waals surface area contributed by atoms with Gasteiger partial charge in [0.1, 0.15) is 5.60 Å². The van der Waals surface area contributed by atoms with E-state index in [1.807, 2.05) is 0 Å². The molecular formula is C15H22ClFN2O3. The Hall–Kier alpha value is -1.37. The van der Waals surface area contributed by atoms with Crippen LogP contribution < -0.4 is 15.0 Å². The van der Waals surface area contributed by atoms with Gasteiger partial charge in [0.05, 0.1) is 7.11 Å². The number of benzene rings is 1. The van der Waals surface area contributed by atoms with Crippen molar-refractivity contribution in [1.82, 2.24) is 5.32 Å². The van der Waals surface area contributed by atoms with Gasteiger partial charge < -0.3 is 19.7 Å². The number of carbonyl (C=O) groups is 1. The molecule has 0 spiro atoms. The Kier molecular flexibility index (Phi) is 6.59. The molecule has 1 aromatic carbocycles. The molecule has 0 bridgehead atoms. The van der Waals surface area contributed by atoms with E-state index >= 15 is 0 Å². The summed E-state index contributed by atoms with van der Waals surface area (Å²) in [7, 11) is 4.58. The van der Waals surface area contributed by atoms with Crippen LogP contribution in [0, 0.1) is 5.82 Å². The van der Waals surface area contributed by atoms with E-state index in [2.05, 4.69) is 5.32 Å². The molecule has 7 heteroatoms. The Balaban J connectivity index is 0.00000242. The SMILES string of the molecule is COc1ccc(N(C)C(=O)C2(OC)CCNCC2)cc1F.Cl. The van der Waals surface area contributed by atoms with Crippen molar-refractivity contribution in [2.75, 3.05) is 39.3 Å². The summed E-state index contributed by atoms with van der Waals surface area (Å²) >= 11 is 0. The van der Waals surface area contributed by atoms with Crippen molar-refractivity contribution >= 4 is 24.0 Å². The highest BCUT2D eigenvalue weighted by Gasteiger charge is 2.41. The summed E-state index contributed by atoms with van der Waals surface area (Å²) in [6.45, 7) is 1.45. The minimum atomic E-state index is -0.837. The zero-order chi connectivity index (χ0) is 15.5. The van der Waals surface area contributed by atoms with Gasteiger partial charge in [-0.3, -0.25) is 4.79 Å². The summed E-state index contributed by atoms with van der Waals surface area (Å²) in [5.41, 5.74) is -0.357. The van der Waals surface area contributed by atoms with Gasteiger partial charge in [0.15, 0.2) is 11.6 Å². The van der Waals surface area contributed by atoms with Crippen molar-refractivity contribution in [2.45, 2.75) is 18.4 Å². The molecule has 1 heterocycles. The molecule has 22 heavy (non-hydrogen) atoms. The molecule has 0 saturated carbocycles. The molecule has 0 aromatic heterocycles. The fraction of sp³-hybridized carbons (Fsp3) is 0.533. The highest BCUT2D eigenvalue weighted by atomic mass is 35.5. The Bertz CT molecular complexity index is 522. The van der Waals surface area contributed by atoms with Crippen molar-refractivity contribution in [2.24, 2.45) is 0 Å². The molecular weight excluding hydrogens is 311 g/mol. The third-order valence-corrected chi connectivity index (χ3v) is 4.02. The van der Waals surface area contributed by atoms with E-state index in [1.165, 1.54) is 24.1 Å². The van der Waals surface area contributed by atoms with E-state index in [-0.39, 0.29) is 24.1 Å². The van der Waals surface area contributed by atoms with Gasteiger partial charge in [0.25, 0.3) is 5.91 Å². The van der Waals surface area contributed by atoms with Crippen LogP contribution in [0.15, 0.2) is 18.2 Å². The lowest BCUT2D eigenvalue weighted by atomic mass is 9.90. The first-order valence-corrected chi connectivity index (χ1v) is 6.91. The first-order chi connectivity index (χ1) is 10.0. The summed E-state index contributed by atoms with van der Waals surface area (Å²) in [6.07, 6.45) is 1.20. The van der Waals surface area contributed by atoms with Crippen molar-refractivity contribution in [3.63, 3.8) is 0 Å². The quantitative estimate of drug-likeness (QED) is 0.916. The maximum Gasteiger partial charge on any atom is 0.259 e. The van der Waals surface area contributed by atoms with E-state index < -0.39 is 11.4 Å². The lowest BCUT2D eigenvalue weighted by Crippen LogP contribution is -2.54. The molecule has 1 aliphatic heterocycles. The van der Waals surface area contributed by atoms with Crippen molar-refractivity contribution in [1.29, 1.82) is 0 Å². The normalized spacial score (nSPS) is 16.5. The van der Waals surface area contributed by atoms with Gasteiger partial charge in [-0.25, -0.2) is 4.39 Å². The van der Waals surface area contributed by atoms with Crippen LogP contribution in [0.3, 0.4) is 0 Å². The molecule has 1 aromatic rings. The van der Waals surface area contributed by atoms with Gasteiger partial charge in [0.2, 0.25) is 0 Å². The zero-order valence-electron chi connectivity index (χ0n) is 13.0. The number of likely N-dealkylation sites (N-methyl/N-ethyl adjacent to an activating group) is 1. The standard InChI is InChI=1S/C15H21FN2O3.ClH/c1-18(11-4-5-13(20-2)12(16)10-11)14(19)15(21-3)6-8-17-9-7-15;/h4-5,10,17H,6-9H2,1-3H3;1H. The number of nitrogens with zero attached hydrogens (tertiary/aromatic N) is 1. The number of nitrogens with one attached hydrogen (secondary N) is 1. The van der Waals surface area contributed by atoms with Gasteiger partial charge in [-0.1, -0.05) is 0 Å². The Labute approximate surface area is 136 Å². The number of halogens is 2. The van der Waals surface area contributed by atoms with Gasteiger partial charge in [-0.15, -0.1) is 12.4 Å². The maximum atomic E-state index is 13.8. The average Bonchev–Trinajstić information content (AvgIpc) is 2.54. The summed E-state index contributed by atoms with van der Waals surface area (Å²) < 4.78 is 24.2. The minimum Gasteiger partial charge on any atom is -0.494 e. The Morgan fingerprint density at radius 1 is 1.32 bits per heavy atom. The first-order valence-electron chi connectivity index (χ1n) is 6.91. The highest BCUT2D eigenvalue weighted by molar-refractivity contribution is 5.99. The molecule has 0 unspecified atom stereocenters. The highest BCUT2D eigenvalue weighted by Crippen LogP contribution is 2.29. The topological polar surface area (TPSA) is 50.8 Å². The van der Waals surface area contributed by atoms with Gasteiger partial charge >= 0.3 is 0 Å². The molecule has 1 fully saturated rings. The second-order valence-corrected chi connectivity index (χ2v) is 5.13. The first kappa shape index (κ1) is 18.7. The molecule has 124 valence electrons. The fourth-order valence-electron chi connectivity index (χ4n) is 2.62. The third kappa shape index (κ3) is 3.51. The number of hydrogen-bond acceptors (Lipinski definition) is 4. The Morgan fingerprint density at radius 3 is 2.45 bits per heavy atom. The third-order valence-electron chi connectivity index (χ3n) is 4.02. The monoisotopic (exact) mass is 332 g/mol. The molecule has 0 radical (unpaired) electrons. The second-order valence-electron chi connectivity index (χ2n) is 5.13. The minimum absolute atomic E-state index is 0. The van der Waals surface area contributed by atoms with Crippen LogP contribution in [0.5, 0.6) is 5.75 Å². The van der Waals surface area contributed by atoms with Crippen LogP contribution in [-0.4, -0.2) is 45.9 Å². The van der Waals surface area contributed by atoms with Crippen LogP contribution in [-0.2, 0) is 9.53 Å². The molecule has 1 saturated heterocycles. The largest absolute Gasteiger partial charge is 0.494 e. The summed E-state index contributed by atoms with van der Waals surface area (Å²) in [5, 5.41) is 3.20.